The molecule has 1 heterocycles. The molecule has 7 heteroatoms. The molecule has 1 aromatic heterocycles. The lowest BCUT2D eigenvalue weighted by Gasteiger charge is -2.11. The molecule has 1 aromatic carbocycles. The molecule has 0 radical (unpaired) electrons. The van der Waals surface area contributed by atoms with Gasteiger partial charge in [-0.05, 0) is 36.8 Å². The van der Waals surface area contributed by atoms with E-state index in [9.17, 15) is 23.1 Å². The van der Waals surface area contributed by atoms with E-state index in [1.165, 1.54) is 25.1 Å². The molecule has 0 fully saturated rings. The third-order valence-corrected chi connectivity index (χ3v) is 2.98. The minimum Gasteiger partial charge on any atom is -0.427 e. The van der Waals surface area contributed by atoms with E-state index in [4.69, 9.17) is 0 Å². The van der Waals surface area contributed by atoms with Crippen molar-refractivity contribution in [1.29, 1.82) is 0 Å². The summed E-state index contributed by atoms with van der Waals surface area (Å²) >= 11 is 0. The summed E-state index contributed by atoms with van der Waals surface area (Å²) in [6.07, 6.45) is -3.16. The Morgan fingerprint density at radius 3 is 2.45 bits per heavy atom. The zero-order chi connectivity index (χ0) is 16.3. The van der Waals surface area contributed by atoms with Crippen LogP contribution in [0.3, 0.4) is 0 Å². The van der Waals surface area contributed by atoms with Gasteiger partial charge >= 0.3 is 0 Å². The number of hydrogen-bond donors (Lipinski definition) is 1. The molecule has 0 bridgehead atoms. The van der Waals surface area contributed by atoms with Gasteiger partial charge in [-0.15, -0.1) is 0 Å². The molecule has 2 rings (SSSR count). The Labute approximate surface area is 124 Å². The maximum absolute atomic E-state index is 14.1. The average molecular weight is 311 g/mol. The van der Waals surface area contributed by atoms with Gasteiger partial charge in [0.2, 0.25) is 0 Å². The van der Waals surface area contributed by atoms with Crippen LogP contribution in [0, 0.1) is 11.6 Å². The van der Waals surface area contributed by atoms with Crippen LogP contribution in [0.25, 0.3) is 11.3 Å². The highest BCUT2D eigenvalue weighted by Gasteiger charge is 2.18. The van der Waals surface area contributed by atoms with Crippen molar-refractivity contribution in [1.82, 2.24) is 4.98 Å². The fraction of sp³-hybridized carbons (Fsp3) is 0.200. The molecule has 0 saturated heterocycles. The lowest BCUT2D eigenvalue weighted by Crippen LogP contribution is -2.03. The summed E-state index contributed by atoms with van der Waals surface area (Å²) in [5.74, 6) is -1.88. The molecule has 0 spiro atoms. The molecule has 2 atom stereocenters. The van der Waals surface area contributed by atoms with Crippen molar-refractivity contribution in [3.63, 3.8) is 0 Å². The van der Waals surface area contributed by atoms with Gasteiger partial charge in [-0.3, -0.25) is 4.79 Å². The van der Waals surface area contributed by atoms with Gasteiger partial charge in [0, 0.05) is 0 Å². The first-order valence-electron chi connectivity index (χ1n) is 6.31. The molecule has 4 nitrogen and oxygen atoms in total. The summed E-state index contributed by atoms with van der Waals surface area (Å²) in [6, 6.07) is 5.80. The normalized spacial score (nSPS) is 13.5. The summed E-state index contributed by atoms with van der Waals surface area (Å²) in [5.41, 5.74) is -0.822. The van der Waals surface area contributed by atoms with Gasteiger partial charge < -0.3 is 9.84 Å². The van der Waals surface area contributed by atoms with Crippen LogP contribution in [-0.4, -0.2) is 16.6 Å². The number of hydrogen-bond acceptors (Lipinski definition) is 4. The summed E-state index contributed by atoms with van der Waals surface area (Å²) in [7, 11) is 0. The smallest absolute Gasteiger partial charge is 0.295 e. The zero-order valence-electron chi connectivity index (χ0n) is 11.5. The molecule has 0 aliphatic rings. The minimum absolute atomic E-state index is 0.0718. The maximum Gasteiger partial charge on any atom is 0.295 e. The Balaban J connectivity index is 2.48. The fourth-order valence-corrected chi connectivity index (χ4v) is 1.91. The lowest BCUT2D eigenvalue weighted by molar-refractivity contribution is -0.142. The van der Waals surface area contributed by atoms with E-state index in [1.54, 1.807) is 0 Å². The third-order valence-electron chi connectivity index (χ3n) is 2.98. The topological polar surface area (TPSA) is 59.4 Å². The number of alkyl halides is 1. The molecule has 22 heavy (non-hydrogen) atoms. The van der Waals surface area contributed by atoms with Crippen LogP contribution in [0.5, 0.6) is 0 Å². The van der Waals surface area contributed by atoms with Crippen LogP contribution in [0.1, 0.15) is 30.6 Å². The highest BCUT2D eigenvalue weighted by molar-refractivity contribution is 5.61. The molecule has 2 aromatic rings. The second kappa shape index (κ2) is 6.57. The number of ether oxygens (including phenoxy) is 1. The molecule has 1 N–H and O–H groups in total. The standard InChI is InChI=1S/C15H12F3NO3/c1-8(21)9-5-10(16)14(11(17)6-9)12-3-2-4-13(19-12)15(18)22-7-20/h2-8,15,21H,1H3. The molecule has 0 amide bonds. The largest absolute Gasteiger partial charge is 0.427 e. The number of halogens is 3. The zero-order valence-corrected chi connectivity index (χ0v) is 11.5. The minimum atomic E-state index is -2.12. The van der Waals surface area contributed by atoms with Crippen LogP contribution < -0.4 is 0 Å². The van der Waals surface area contributed by atoms with E-state index in [0.29, 0.717) is 0 Å². The van der Waals surface area contributed by atoms with Gasteiger partial charge in [-0.25, -0.2) is 13.8 Å². The quantitative estimate of drug-likeness (QED) is 0.861. The second-order valence-corrected chi connectivity index (χ2v) is 4.53. The number of rotatable bonds is 5. The molecular formula is C15H12F3NO3. The van der Waals surface area contributed by atoms with E-state index in [-0.39, 0.29) is 23.4 Å². The van der Waals surface area contributed by atoms with Crippen molar-refractivity contribution in [3.05, 3.63) is 53.2 Å². The monoisotopic (exact) mass is 311 g/mol. The number of aromatic nitrogens is 1. The summed E-state index contributed by atoms with van der Waals surface area (Å²) in [6.45, 7) is 1.29. The number of carbonyl (C=O) groups is 1. The Morgan fingerprint density at radius 2 is 1.91 bits per heavy atom. The predicted molar refractivity (Wildman–Crippen MR) is 71.2 cm³/mol. The van der Waals surface area contributed by atoms with Gasteiger partial charge in [-0.2, -0.15) is 4.39 Å². The summed E-state index contributed by atoms with van der Waals surface area (Å²) in [4.78, 5) is 13.9. The number of aliphatic hydroxyl groups excluding tert-OH is 1. The number of benzene rings is 1. The number of carbonyl (C=O) groups excluding carboxylic acids is 1. The Bertz CT molecular complexity index is 668. The van der Waals surface area contributed by atoms with E-state index >= 15 is 0 Å². The molecule has 2 unspecified atom stereocenters. The first-order valence-corrected chi connectivity index (χ1v) is 6.31. The lowest BCUT2D eigenvalue weighted by atomic mass is 10.0. The van der Waals surface area contributed by atoms with Crippen molar-refractivity contribution >= 4 is 6.47 Å². The maximum atomic E-state index is 14.1. The first kappa shape index (κ1) is 16.0. The average Bonchev–Trinajstić information content (AvgIpc) is 2.47. The van der Waals surface area contributed by atoms with E-state index in [1.807, 2.05) is 0 Å². The van der Waals surface area contributed by atoms with Crippen LogP contribution in [0.4, 0.5) is 13.2 Å². The number of aliphatic hydroxyl groups is 1. The number of nitrogens with zero attached hydrogens (tertiary/aromatic N) is 1. The van der Waals surface area contributed by atoms with Crippen molar-refractivity contribution < 1.29 is 27.8 Å². The fourth-order valence-electron chi connectivity index (χ4n) is 1.91. The highest BCUT2D eigenvalue weighted by Crippen LogP contribution is 2.29. The van der Waals surface area contributed by atoms with Crippen LogP contribution >= 0.6 is 0 Å². The van der Waals surface area contributed by atoms with Gasteiger partial charge in [-0.1, -0.05) is 6.07 Å². The molecule has 0 saturated carbocycles. The number of pyridine rings is 1. The van der Waals surface area contributed by atoms with Gasteiger partial charge in [0.1, 0.15) is 17.3 Å². The van der Waals surface area contributed by atoms with E-state index in [0.717, 1.165) is 12.1 Å². The predicted octanol–water partition coefficient (Wildman–Crippen LogP) is 3.22. The molecule has 116 valence electrons. The summed E-state index contributed by atoms with van der Waals surface area (Å²) in [5, 5.41) is 9.36. The van der Waals surface area contributed by atoms with Crippen molar-refractivity contribution in [2.45, 2.75) is 19.4 Å². The van der Waals surface area contributed by atoms with Crippen LogP contribution in [0.15, 0.2) is 30.3 Å². The molecular weight excluding hydrogens is 299 g/mol. The molecule has 0 aliphatic carbocycles. The van der Waals surface area contributed by atoms with Crippen molar-refractivity contribution in [2.24, 2.45) is 0 Å². The van der Waals surface area contributed by atoms with E-state index in [2.05, 4.69) is 9.72 Å². The second-order valence-electron chi connectivity index (χ2n) is 4.53. The van der Waals surface area contributed by atoms with Crippen molar-refractivity contribution in [2.75, 3.05) is 0 Å². The van der Waals surface area contributed by atoms with Crippen molar-refractivity contribution in [3.8, 4) is 11.3 Å². The highest BCUT2D eigenvalue weighted by atomic mass is 19.1. The van der Waals surface area contributed by atoms with Gasteiger partial charge in [0.05, 0.1) is 17.4 Å². The van der Waals surface area contributed by atoms with Crippen LogP contribution in [0.2, 0.25) is 0 Å². The third kappa shape index (κ3) is 3.25. The Kier molecular flexibility index (Phi) is 4.77. The Morgan fingerprint density at radius 1 is 1.27 bits per heavy atom. The molecule has 0 aliphatic heterocycles. The van der Waals surface area contributed by atoms with Crippen LogP contribution in [-0.2, 0) is 9.53 Å². The van der Waals surface area contributed by atoms with E-state index < -0.39 is 29.7 Å². The van der Waals surface area contributed by atoms with Gasteiger partial charge in [0.25, 0.3) is 12.8 Å². The summed E-state index contributed by atoms with van der Waals surface area (Å²) < 4.78 is 45.7. The first-order chi connectivity index (χ1) is 10.4. The SMILES string of the molecule is CC(O)c1cc(F)c(-c2cccc(C(F)OC=O)n2)c(F)c1. The Hall–Kier alpha value is -2.41. The van der Waals surface area contributed by atoms with Gasteiger partial charge in [0.15, 0.2) is 0 Å².